The number of morpholine rings is 1. The minimum atomic E-state index is 0.199. The van der Waals surface area contributed by atoms with Crippen molar-refractivity contribution in [2.45, 2.75) is 13.0 Å². The van der Waals surface area contributed by atoms with Gasteiger partial charge in [0, 0.05) is 51.6 Å². The molecule has 2 aliphatic heterocycles. The Labute approximate surface area is 145 Å². The second-order valence-electron chi connectivity index (χ2n) is 6.48. The second-order valence-corrected chi connectivity index (χ2v) is 6.86. The molecule has 0 saturated carbocycles. The quantitative estimate of drug-likeness (QED) is 0.784. The van der Waals surface area contributed by atoms with E-state index in [0.29, 0.717) is 24.8 Å². The summed E-state index contributed by atoms with van der Waals surface area (Å²) < 4.78 is 7.44. The van der Waals surface area contributed by atoms with Crippen LogP contribution >= 0.6 is 11.6 Å². The van der Waals surface area contributed by atoms with Gasteiger partial charge in [0.15, 0.2) is 5.65 Å². The Morgan fingerprint density at radius 2 is 2.17 bits per heavy atom. The summed E-state index contributed by atoms with van der Waals surface area (Å²) in [5.74, 6) is 0.483. The minimum absolute atomic E-state index is 0.199. The van der Waals surface area contributed by atoms with Crippen LogP contribution in [-0.2, 0) is 16.1 Å². The number of halogens is 1. The topological polar surface area (TPSA) is 63.5 Å². The van der Waals surface area contributed by atoms with Gasteiger partial charge in [0.2, 0.25) is 5.91 Å². The van der Waals surface area contributed by atoms with Crippen LogP contribution in [0.15, 0.2) is 12.4 Å². The highest BCUT2D eigenvalue weighted by molar-refractivity contribution is 6.30. The minimum Gasteiger partial charge on any atom is -0.378 e. The molecular weight excluding hydrogens is 330 g/mol. The molecule has 4 rings (SSSR count). The maximum atomic E-state index is 11.7. The summed E-state index contributed by atoms with van der Waals surface area (Å²) in [4.78, 5) is 24.8. The number of carbonyl (C=O) groups excluding carboxylic acids is 1. The molecule has 2 aromatic rings. The van der Waals surface area contributed by atoms with Gasteiger partial charge in [-0.25, -0.2) is 9.97 Å². The van der Waals surface area contributed by atoms with E-state index in [1.165, 1.54) is 0 Å². The Morgan fingerprint density at radius 3 is 2.88 bits per heavy atom. The fourth-order valence-electron chi connectivity index (χ4n) is 3.52. The van der Waals surface area contributed by atoms with Crippen molar-refractivity contribution >= 4 is 34.4 Å². The van der Waals surface area contributed by atoms with Crippen LogP contribution in [0.25, 0.3) is 11.2 Å². The van der Waals surface area contributed by atoms with Crippen molar-refractivity contribution in [3.05, 3.63) is 17.5 Å². The van der Waals surface area contributed by atoms with Gasteiger partial charge in [-0.3, -0.25) is 4.79 Å². The van der Waals surface area contributed by atoms with Gasteiger partial charge >= 0.3 is 0 Å². The van der Waals surface area contributed by atoms with Crippen LogP contribution in [0.4, 0.5) is 5.69 Å². The van der Waals surface area contributed by atoms with Crippen LogP contribution in [-0.4, -0.2) is 65.2 Å². The van der Waals surface area contributed by atoms with Gasteiger partial charge in [0.25, 0.3) is 0 Å². The number of aromatic nitrogens is 3. The molecule has 0 aliphatic carbocycles. The first kappa shape index (κ1) is 15.7. The third-order valence-corrected chi connectivity index (χ3v) is 4.94. The summed E-state index contributed by atoms with van der Waals surface area (Å²) in [6, 6.07) is 1.87. The number of ether oxygens (including phenoxy) is 1. The van der Waals surface area contributed by atoms with Crippen molar-refractivity contribution in [1.29, 1.82) is 0 Å². The summed E-state index contributed by atoms with van der Waals surface area (Å²) >= 11 is 6.26. The Balaban J connectivity index is 1.66. The van der Waals surface area contributed by atoms with E-state index in [2.05, 4.69) is 14.9 Å². The summed E-state index contributed by atoms with van der Waals surface area (Å²) in [6.45, 7) is 4.56. The Morgan fingerprint density at radius 1 is 1.38 bits per heavy atom. The second kappa shape index (κ2) is 6.22. The van der Waals surface area contributed by atoms with Gasteiger partial charge in [0.1, 0.15) is 10.7 Å². The number of imidazole rings is 1. The number of hydrogen-bond acceptors (Lipinski definition) is 5. The monoisotopic (exact) mass is 349 g/mol. The number of hydrogen-bond donors (Lipinski definition) is 0. The predicted molar refractivity (Wildman–Crippen MR) is 91.3 cm³/mol. The molecule has 24 heavy (non-hydrogen) atoms. The van der Waals surface area contributed by atoms with Crippen LogP contribution in [0.3, 0.4) is 0 Å². The molecule has 1 amide bonds. The Kier molecular flexibility index (Phi) is 4.05. The van der Waals surface area contributed by atoms with Gasteiger partial charge in [-0.2, -0.15) is 0 Å². The standard InChI is InChI=1S/C16H20ClN5O2/c1-20-8-11(6-14(20)23)9-22-10-18-15-12(7-13(17)19-16(15)22)21-2-4-24-5-3-21/h7,10-11H,2-6,8-9H2,1H3/t11-/m1/s1. The van der Waals surface area contributed by atoms with Crippen LogP contribution in [0, 0.1) is 5.92 Å². The van der Waals surface area contributed by atoms with E-state index in [0.717, 1.165) is 43.0 Å². The number of anilines is 1. The number of amides is 1. The number of carbonyl (C=O) groups is 1. The normalized spacial score (nSPS) is 21.9. The highest BCUT2D eigenvalue weighted by Gasteiger charge is 2.28. The molecule has 1 atom stereocenters. The third-order valence-electron chi connectivity index (χ3n) is 4.75. The lowest BCUT2D eigenvalue weighted by Gasteiger charge is -2.29. The lowest BCUT2D eigenvalue weighted by molar-refractivity contribution is -0.126. The van der Waals surface area contributed by atoms with Gasteiger partial charge in [-0.1, -0.05) is 11.6 Å². The molecule has 2 fully saturated rings. The van der Waals surface area contributed by atoms with Crippen molar-refractivity contribution in [2.24, 2.45) is 5.92 Å². The molecular formula is C16H20ClN5O2. The first-order chi connectivity index (χ1) is 11.6. The molecule has 2 aromatic heterocycles. The largest absolute Gasteiger partial charge is 0.378 e. The molecule has 0 radical (unpaired) electrons. The number of pyridine rings is 1. The van der Waals surface area contributed by atoms with E-state index < -0.39 is 0 Å². The van der Waals surface area contributed by atoms with Crippen molar-refractivity contribution < 1.29 is 9.53 Å². The molecule has 2 aliphatic rings. The van der Waals surface area contributed by atoms with Crippen LogP contribution < -0.4 is 4.90 Å². The molecule has 8 heteroatoms. The number of rotatable bonds is 3. The Hall–Kier alpha value is -1.86. The van der Waals surface area contributed by atoms with E-state index >= 15 is 0 Å². The summed E-state index contributed by atoms with van der Waals surface area (Å²) in [6.07, 6.45) is 2.38. The van der Waals surface area contributed by atoms with Gasteiger partial charge in [-0.15, -0.1) is 0 Å². The van der Waals surface area contributed by atoms with Crippen molar-refractivity contribution in [3.8, 4) is 0 Å². The van der Waals surface area contributed by atoms with Crippen molar-refractivity contribution in [3.63, 3.8) is 0 Å². The first-order valence-corrected chi connectivity index (χ1v) is 8.57. The summed E-state index contributed by atoms with van der Waals surface area (Å²) in [5.41, 5.74) is 2.65. The van der Waals surface area contributed by atoms with Crippen LogP contribution in [0.2, 0.25) is 5.15 Å². The molecule has 0 bridgehead atoms. The van der Waals surface area contributed by atoms with Gasteiger partial charge in [0.05, 0.1) is 25.2 Å². The highest BCUT2D eigenvalue weighted by atomic mass is 35.5. The van der Waals surface area contributed by atoms with Crippen molar-refractivity contribution in [2.75, 3.05) is 44.8 Å². The number of nitrogens with zero attached hydrogens (tertiary/aromatic N) is 5. The lowest BCUT2D eigenvalue weighted by Crippen LogP contribution is -2.36. The zero-order valence-corrected chi connectivity index (χ0v) is 14.4. The number of likely N-dealkylation sites (tertiary alicyclic amines) is 1. The predicted octanol–water partition coefficient (Wildman–Crippen LogP) is 1.40. The molecule has 2 saturated heterocycles. The maximum absolute atomic E-state index is 11.7. The highest BCUT2D eigenvalue weighted by Crippen LogP contribution is 2.29. The van der Waals surface area contributed by atoms with E-state index in [9.17, 15) is 4.79 Å². The molecule has 4 heterocycles. The van der Waals surface area contributed by atoms with E-state index in [-0.39, 0.29) is 11.8 Å². The third kappa shape index (κ3) is 2.82. The van der Waals surface area contributed by atoms with E-state index in [1.54, 1.807) is 11.2 Å². The zero-order chi connectivity index (χ0) is 16.7. The zero-order valence-electron chi connectivity index (χ0n) is 13.6. The summed E-state index contributed by atoms with van der Waals surface area (Å²) in [5, 5.41) is 0.463. The molecule has 0 N–H and O–H groups in total. The number of fused-ring (bicyclic) bond motifs is 1. The molecule has 128 valence electrons. The van der Waals surface area contributed by atoms with Gasteiger partial charge < -0.3 is 19.1 Å². The molecule has 0 unspecified atom stereocenters. The average molecular weight is 350 g/mol. The summed E-state index contributed by atoms with van der Waals surface area (Å²) in [7, 11) is 1.85. The van der Waals surface area contributed by atoms with E-state index in [4.69, 9.17) is 16.3 Å². The SMILES string of the molecule is CN1C[C@H](Cn2cnc3c(N4CCOCC4)cc(Cl)nc32)CC1=O. The maximum Gasteiger partial charge on any atom is 0.222 e. The lowest BCUT2D eigenvalue weighted by atomic mass is 10.1. The molecule has 0 spiro atoms. The molecule has 7 nitrogen and oxygen atoms in total. The van der Waals surface area contributed by atoms with Gasteiger partial charge in [-0.05, 0) is 0 Å². The fraction of sp³-hybridized carbons (Fsp3) is 0.562. The molecule has 0 aromatic carbocycles. The smallest absolute Gasteiger partial charge is 0.222 e. The fourth-order valence-corrected chi connectivity index (χ4v) is 3.71. The Bertz CT molecular complexity index is 771. The average Bonchev–Trinajstić information content (AvgIpc) is 3.11. The first-order valence-electron chi connectivity index (χ1n) is 8.20. The van der Waals surface area contributed by atoms with E-state index in [1.807, 2.05) is 17.7 Å². The van der Waals surface area contributed by atoms with Crippen molar-refractivity contribution in [1.82, 2.24) is 19.4 Å². The van der Waals surface area contributed by atoms with Crippen LogP contribution in [0.5, 0.6) is 0 Å². The van der Waals surface area contributed by atoms with Crippen LogP contribution in [0.1, 0.15) is 6.42 Å².